The van der Waals surface area contributed by atoms with Gasteiger partial charge in [-0.1, -0.05) is 42.5 Å². The first kappa shape index (κ1) is 24.1. The Balaban J connectivity index is 1.35. The van der Waals surface area contributed by atoms with E-state index in [-0.39, 0.29) is 17.7 Å². The maximum atomic E-state index is 13.0. The standard InChI is InChI=1S/C29H29N3O3S/c1-20-17-24(21(2)32(20)25-13-11-23(12-14-25)22-9-5-3-6-10-22)18-26-28(34)31(29(35)36-26)19-27(33)30-15-7-4-8-16-30/h3,5-6,9-14,17-18H,4,7-8,15-16,19H2,1-2H3. The first-order chi connectivity index (χ1) is 17.4. The molecule has 0 atom stereocenters. The Morgan fingerprint density at radius 2 is 1.58 bits per heavy atom. The molecule has 0 radical (unpaired) electrons. The number of aromatic nitrogens is 1. The van der Waals surface area contributed by atoms with Crippen molar-refractivity contribution in [2.45, 2.75) is 33.1 Å². The van der Waals surface area contributed by atoms with Gasteiger partial charge in [0.15, 0.2) is 0 Å². The summed E-state index contributed by atoms with van der Waals surface area (Å²) >= 11 is 0.903. The monoisotopic (exact) mass is 499 g/mol. The predicted octanol–water partition coefficient (Wildman–Crippen LogP) is 5.81. The van der Waals surface area contributed by atoms with E-state index in [1.807, 2.05) is 38.1 Å². The molecule has 184 valence electrons. The second kappa shape index (κ2) is 10.2. The van der Waals surface area contributed by atoms with Crippen LogP contribution in [0.3, 0.4) is 0 Å². The molecule has 3 aromatic rings. The summed E-state index contributed by atoms with van der Waals surface area (Å²) in [6.07, 6.45) is 4.83. The van der Waals surface area contributed by atoms with E-state index in [0.29, 0.717) is 18.0 Å². The van der Waals surface area contributed by atoms with E-state index in [1.54, 1.807) is 11.0 Å². The molecule has 2 aromatic carbocycles. The maximum absolute atomic E-state index is 13.0. The van der Waals surface area contributed by atoms with E-state index in [0.717, 1.165) is 64.1 Å². The molecule has 5 rings (SSSR count). The molecular formula is C29H29N3O3S. The van der Waals surface area contributed by atoms with Crippen LogP contribution in [-0.2, 0) is 9.59 Å². The third-order valence-electron chi connectivity index (χ3n) is 6.87. The lowest BCUT2D eigenvalue weighted by Gasteiger charge is -2.27. The first-order valence-corrected chi connectivity index (χ1v) is 13.1. The molecule has 36 heavy (non-hydrogen) atoms. The molecular weight excluding hydrogens is 470 g/mol. The fourth-order valence-electron chi connectivity index (χ4n) is 4.92. The lowest BCUT2D eigenvalue weighted by atomic mass is 10.1. The summed E-state index contributed by atoms with van der Waals surface area (Å²) < 4.78 is 2.14. The van der Waals surface area contributed by atoms with Gasteiger partial charge in [0.1, 0.15) is 6.54 Å². The van der Waals surface area contributed by atoms with Gasteiger partial charge in [-0.05, 0) is 85.8 Å². The van der Waals surface area contributed by atoms with E-state index in [2.05, 4.69) is 41.0 Å². The van der Waals surface area contributed by atoms with Crippen molar-refractivity contribution in [1.29, 1.82) is 0 Å². The van der Waals surface area contributed by atoms with Crippen LogP contribution in [0.2, 0.25) is 0 Å². The predicted molar refractivity (Wildman–Crippen MR) is 144 cm³/mol. The average Bonchev–Trinajstić information content (AvgIpc) is 3.33. The zero-order chi connectivity index (χ0) is 25.2. The molecule has 0 unspecified atom stereocenters. The van der Waals surface area contributed by atoms with Crippen molar-refractivity contribution in [2.24, 2.45) is 0 Å². The summed E-state index contributed by atoms with van der Waals surface area (Å²) in [7, 11) is 0. The fraction of sp³-hybridized carbons (Fsp3) is 0.276. The van der Waals surface area contributed by atoms with Gasteiger partial charge in [0.25, 0.3) is 11.1 Å². The Morgan fingerprint density at radius 1 is 0.917 bits per heavy atom. The minimum Gasteiger partial charge on any atom is -0.341 e. The van der Waals surface area contributed by atoms with Gasteiger partial charge < -0.3 is 9.47 Å². The maximum Gasteiger partial charge on any atom is 0.294 e. The van der Waals surface area contributed by atoms with Crippen LogP contribution >= 0.6 is 11.8 Å². The Labute approximate surface area is 215 Å². The lowest BCUT2D eigenvalue weighted by molar-refractivity contribution is -0.136. The summed E-state index contributed by atoms with van der Waals surface area (Å²) in [5.41, 5.74) is 6.24. The summed E-state index contributed by atoms with van der Waals surface area (Å²) in [5, 5.41) is -0.387. The summed E-state index contributed by atoms with van der Waals surface area (Å²) in [5.74, 6) is -0.553. The zero-order valence-electron chi connectivity index (χ0n) is 20.6. The topological polar surface area (TPSA) is 62.6 Å². The van der Waals surface area contributed by atoms with Crippen molar-refractivity contribution in [2.75, 3.05) is 19.6 Å². The zero-order valence-corrected chi connectivity index (χ0v) is 21.4. The molecule has 3 amide bonds. The molecule has 6 nitrogen and oxygen atoms in total. The number of thioether (sulfide) groups is 1. The highest BCUT2D eigenvalue weighted by Gasteiger charge is 2.37. The highest BCUT2D eigenvalue weighted by molar-refractivity contribution is 8.18. The first-order valence-electron chi connectivity index (χ1n) is 12.3. The quantitative estimate of drug-likeness (QED) is 0.416. The molecule has 3 heterocycles. The van der Waals surface area contributed by atoms with E-state index in [9.17, 15) is 14.4 Å². The normalized spacial score (nSPS) is 17.3. The number of nitrogens with zero attached hydrogens (tertiary/aromatic N) is 3. The van der Waals surface area contributed by atoms with Gasteiger partial charge in [0.2, 0.25) is 5.91 Å². The van der Waals surface area contributed by atoms with Crippen molar-refractivity contribution in [3.05, 3.63) is 82.5 Å². The molecule has 0 N–H and O–H groups in total. The SMILES string of the molecule is Cc1cc(C=C2SC(=O)N(CC(=O)N3CCCCC3)C2=O)c(C)n1-c1ccc(-c2ccccc2)cc1. The number of hydrogen-bond donors (Lipinski definition) is 0. The molecule has 0 spiro atoms. The lowest BCUT2D eigenvalue weighted by Crippen LogP contribution is -2.44. The Hall–Kier alpha value is -3.58. The summed E-state index contributed by atoms with van der Waals surface area (Å²) in [4.78, 5) is 41.4. The molecule has 0 saturated carbocycles. The number of likely N-dealkylation sites (tertiary alicyclic amines) is 1. The van der Waals surface area contributed by atoms with Crippen LogP contribution in [0.15, 0.2) is 65.6 Å². The molecule has 2 saturated heterocycles. The molecule has 2 aliphatic rings. The number of amides is 3. The van der Waals surface area contributed by atoms with Crippen LogP contribution in [0.4, 0.5) is 4.79 Å². The Bertz CT molecular complexity index is 1340. The third kappa shape index (κ3) is 4.75. The van der Waals surface area contributed by atoms with Gasteiger partial charge in [-0.25, -0.2) is 0 Å². The third-order valence-corrected chi connectivity index (χ3v) is 7.77. The number of carbonyl (C=O) groups excluding carboxylic acids is 3. The van der Waals surface area contributed by atoms with Crippen molar-refractivity contribution < 1.29 is 14.4 Å². The van der Waals surface area contributed by atoms with Crippen LogP contribution in [0.1, 0.15) is 36.2 Å². The number of carbonyl (C=O) groups is 3. The van der Waals surface area contributed by atoms with Crippen LogP contribution in [-0.4, -0.2) is 51.1 Å². The fourth-order valence-corrected chi connectivity index (χ4v) is 5.75. The number of hydrogen-bond acceptors (Lipinski definition) is 4. The second-order valence-corrected chi connectivity index (χ2v) is 10.3. The largest absolute Gasteiger partial charge is 0.341 e. The summed E-state index contributed by atoms with van der Waals surface area (Å²) in [6, 6.07) is 20.7. The number of rotatable bonds is 5. The average molecular weight is 500 g/mol. The van der Waals surface area contributed by atoms with Crippen LogP contribution in [0.5, 0.6) is 0 Å². The number of benzene rings is 2. The van der Waals surface area contributed by atoms with Gasteiger partial charge in [-0.15, -0.1) is 0 Å². The van der Waals surface area contributed by atoms with Crippen molar-refractivity contribution >= 4 is 34.9 Å². The smallest absolute Gasteiger partial charge is 0.294 e. The number of imide groups is 1. The molecule has 2 fully saturated rings. The molecule has 1 aromatic heterocycles. The van der Waals surface area contributed by atoms with Crippen LogP contribution in [0.25, 0.3) is 22.9 Å². The molecule has 2 aliphatic heterocycles. The molecule has 0 aliphatic carbocycles. The Kier molecular flexibility index (Phi) is 6.83. The molecule has 0 bridgehead atoms. The molecule has 7 heteroatoms. The van der Waals surface area contributed by atoms with Gasteiger partial charge in [0, 0.05) is 30.2 Å². The van der Waals surface area contributed by atoms with Gasteiger partial charge >= 0.3 is 0 Å². The highest BCUT2D eigenvalue weighted by Crippen LogP contribution is 2.34. The number of piperidine rings is 1. The summed E-state index contributed by atoms with van der Waals surface area (Å²) in [6.45, 7) is 5.24. The van der Waals surface area contributed by atoms with Crippen LogP contribution in [0, 0.1) is 13.8 Å². The van der Waals surface area contributed by atoms with Crippen LogP contribution < -0.4 is 0 Å². The second-order valence-electron chi connectivity index (χ2n) is 9.28. The van der Waals surface area contributed by atoms with E-state index < -0.39 is 5.91 Å². The van der Waals surface area contributed by atoms with Gasteiger partial charge in [-0.2, -0.15) is 0 Å². The van der Waals surface area contributed by atoms with Crippen molar-refractivity contribution in [3.8, 4) is 16.8 Å². The van der Waals surface area contributed by atoms with Gasteiger partial charge in [0.05, 0.1) is 4.91 Å². The van der Waals surface area contributed by atoms with Crippen molar-refractivity contribution in [3.63, 3.8) is 0 Å². The minimum absolute atomic E-state index is 0.157. The van der Waals surface area contributed by atoms with E-state index in [1.165, 1.54) is 5.56 Å². The van der Waals surface area contributed by atoms with Gasteiger partial charge in [-0.3, -0.25) is 19.3 Å². The highest BCUT2D eigenvalue weighted by atomic mass is 32.2. The number of aryl methyl sites for hydroxylation is 1. The van der Waals surface area contributed by atoms with Crippen molar-refractivity contribution in [1.82, 2.24) is 14.4 Å². The van der Waals surface area contributed by atoms with E-state index >= 15 is 0 Å². The Morgan fingerprint density at radius 3 is 2.28 bits per heavy atom. The minimum atomic E-state index is -0.396. The van der Waals surface area contributed by atoms with E-state index in [4.69, 9.17) is 0 Å².